The first-order valence-electron chi connectivity index (χ1n) is 4.38. The summed E-state index contributed by atoms with van der Waals surface area (Å²) < 4.78 is 2.07. The molecule has 0 bridgehead atoms. The third-order valence-electron chi connectivity index (χ3n) is 2.05. The van der Waals surface area contributed by atoms with Gasteiger partial charge in [-0.2, -0.15) is 0 Å². The molecule has 15 heavy (non-hydrogen) atoms. The van der Waals surface area contributed by atoms with Crippen LogP contribution in [0.2, 0.25) is 5.02 Å². The van der Waals surface area contributed by atoms with E-state index in [0.29, 0.717) is 0 Å². The first-order valence-corrected chi connectivity index (χ1v) is 6.34. The van der Waals surface area contributed by atoms with Crippen LogP contribution in [0.15, 0.2) is 51.4 Å². The third kappa shape index (κ3) is 2.63. The van der Waals surface area contributed by atoms with Gasteiger partial charge >= 0.3 is 0 Å². The van der Waals surface area contributed by atoms with Gasteiger partial charge in [0.15, 0.2) is 0 Å². The molecular weight excluding hydrogens is 339 g/mol. The minimum Gasteiger partial charge on any atom is -0.0837 e. The minimum absolute atomic E-state index is 0.766. The van der Waals surface area contributed by atoms with E-state index in [1.54, 1.807) is 0 Å². The molecule has 0 atom stereocenters. The van der Waals surface area contributed by atoms with Gasteiger partial charge in [0.25, 0.3) is 0 Å². The van der Waals surface area contributed by atoms with Crippen LogP contribution in [0.4, 0.5) is 0 Å². The lowest BCUT2D eigenvalue weighted by Gasteiger charge is -2.05. The van der Waals surface area contributed by atoms with Crippen LogP contribution in [0.5, 0.6) is 0 Å². The van der Waals surface area contributed by atoms with Gasteiger partial charge in [0.1, 0.15) is 0 Å². The van der Waals surface area contributed by atoms with Gasteiger partial charge < -0.3 is 0 Å². The maximum absolute atomic E-state index is 6.13. The molecule has 0 aliphatic heterocycles. The van der Waals surface area contributed by atoms with E-state index in [9.17, 15) is 0 Å². The first kappa shape index (κ1) is 11.2. The number of benzene rings is 2. The van der Waals surface area contributed by atoms with Crippen LogP contribution in [0.25, 0.3) is 11.1 Å². The Labute approximate surface area is 111 Å². The fourth-order valence-corrected chi connectivity index (χ4v) is 2.94. The topological polar surface area (TPSA) is 0 Å². The van der Waals surface area contributed by atoms with Gasteiger partial charge in [-0.15, -0.1) is 0 Å². The maximum atomic E-state index is 6.13. The molecule has 0 aliphatic carbocycles. The summed E-state index contributed by atoms with van der Waals surface area (Å²) in [5, 5.41) is 0.766. The molecule has 0 aliphatic rings. The van der Waals surface area contributed by atoms with Crippen molar-refractivity contribution < 1.29 is 0 Å². The molecule has 0 radical (unpaired) electrons. The molecular formula is C12H7Br2Cl. The van der Waals surface area contributed by atoms with Crippen molar-refractivity contribution in [2.24, 2.45) is 0 Å². The molecule has 0 amide bonds. The number of halogens is 3. The molecule has 0 saturated carbocycles. The maximum Gasteiger partial charge on any atom is 0.0484 e. The highest BCUT2D eigenvalue weighted by molar-refractivity contribution is 9.11. The van der Waals surface area contributed by atoms with Crippen LogP contribution in [-0.4, -0.2) is 0 Å². The van der Waals surface area contributed by atoms with E-state index in [0.717, 1.165) is 25.1 Å². The molecule has 0 spiro atoms. The highest BCUT2D eigenvalue weighted by Crippen LogP contribution is 2.31. The fourth-order valence-electron chi connectivity index (χ4n) is 1.40. The Balaban J connectivity index is 2.59. The Bertz CT molecular complexity index is 474. The number of hydrogen-bond donors (Lipinski definition) is 0. The third-order valence-corrected chi connectivity index (χ3v) is 3.29. The summed E-state index contributed by atoms with van der Waals surface area (Å²) in [6.07, 6.45) is 0. The van der Waals surface area contributed by atoms with Crippen molar-refractivity contribution in [2.45, 2.75) is 0 Å². The van der Waals surface area contributed by atoms with Crippen LogP contribution >= 0.6 is 43.5 Å². The minimum atomic E-state index is 0.766. The van der Waals surface area contributed by atoms with Crippen molar-refractivity contribution >= 4 is 43.5 Å². The zero-order valence-corrected chi connectivity index (χ0v) is 11.6. The molecule has 0 unspecified atom stereocenters. The average Bonchev–Trinajstić information content (AvgIpc) is 2.16. The second-order valence-corrected chi connectivity index (χ2v) is 5.38. The summed E-state index contributed by atoms with van der Waals surface area (Å²) in [7, 11) is 0. The highest BCUT2D eigenvalue weighted by atomic mass is 79.9. The summed E-state index contributed by atoms with van der Waals surface area (Å²) >= 11 is 13.1. The second kappa shape index (κ2) is 4.69. The van der Waals surface area contributed by atoms with Gasteiger partial charge in [-0.25, -0.2) is 0 Å². The number of hydrogen-bond acceptors (Lipinski definition) is 0. The van der Waals surface area contributed by atoms with Gasteiger partial charge in [-0.3, -0.25) is 0 Å². The van der Waals surface area contributed by atoms with Gasteiger partial charge in [-0.1, -0.05) is 61.7 Å². The molecule has 0 nitrogen and oxygen atoms in total. The summed E-state index contributed by atoms with van der Waals surface area (Å²) in [4.78, 5) is 0. The lowest BCUT2D eigenvalue weighted by molar-refractivity contribution is 1.56. The van der Waals surface area contributed by atoms with Crippen LogP contribution < -0.4 is 0 Å². The van der Waals surface area contributed by atoms with Crippen LogP contribution in [0, 0.1) is 0 Å². The molecule has 0 saturated heterocycles. The zero-order valence-electron chi connectivity index (χ0n) is 7.68. The van der Waals surface area contributed by atoms with Crippen molar-refractivity contribution in [1.82, 2.24) is 0 Å². The van der Waals surface area contributed by atoms with Gasteiger partial charge in [0.05, 0.1) is 0 Å². The largest absolute Gasteiger partial charge is 0.0837 e. The van der Waals surface area contributed by atoms with Gasteiger partial charge in [0, 0.05) is 19.5 Å². The predicted octanol–water partition coefficient (Wildman–Crippen LogP) is 5.53. The Morgan fingerprint density at radius 1 is 0.867 bits per heavy atom. The summed E-state index contributed by atoms with van der Waals surface area (Å²) in [5.41, 5.74) is 2.14. The van der Waals surface area contributed by atoms with E-state index in [-0.39, 0.29) is 0 Å². The van der Waals surface area contributed by atoms with Crippen molar-refractivity contribution in [1.29, 1.82) is 0 Å². The van der Waals surface area contributed by atoms with Crippen LogP contribution in [-0.2, 0) is 0 Å². The average molecular weight is 346 g/mol. The van der Waals surface area contributed by atoms with Crippen LogP contribution in [0.3, 0.4) is 0 Å². The quantitative estimate of drug-likeness (QED) is 0.637. The molecule has 2 aromatic rings. The Hall–Kier alpha value is -0.310. The van der Waals surface area contributed by atoms with E-state index >= 15 is 0 Å². The van der Waals surface area contributed by atoms with Gasteiger partial charge in [-0.05, 0) is 29.8 Å². The Kier molecular flexibility index (Phi) is 3.49. The molecule has 0 heterocycles. The lowest BCUT2D eigenvalue weighted by atomic mass is 10.1. The SMILES string of the molecule is Clc1ccccc1-c1cc(Br)cc(Br)c1. The monoisotopic (exact) mass is 344 g/mol. The molecule has 0 aromatic heterocycles. The standard InChI is InChI=1S/C12H7Br2Cl/c13-9-5-8(6-10(14)7-9)11-3-1-2-4-12(11)15/h1-7H. The normalized spacial score (nSPS) is 10.3. The Morgan fingerprint density at radius 2 is 1.47 bits per heavy atom. The Morgan fingerprint density at radius 3 is 2.07 bits per heavy atom. The van der Waals surface area contributed by atoms with E-state index in [2.05, 4.69) is 31.9 Å². The summed E-state index contributed by atoms with van der Waals surface area (Å²) in [6, 6.07) is 13.9. The summed E-state index contributed by atoms with van der Waals surface area (Å²) in [5.74, 6) is 0. The van der Waals surface area contributed by atoms with E-state index in [1.807, 2.05) is 42.5 Å². The second-order valence-electron chi connectivity index (χ2n) is 3.14. The molecule has 2 aromatic carbocycles. The van der Waals surface area contributed by atoms with E-state index in [4.69, 9.17) is 11.6 Å². The van der Waals surface area contributed by atoms with Crippen molar-refractivity contribution in [3.8, 4) is 11.1 Å². The van der Waals surface area contributed by atoms with Crippen LogP contribution in [0.1, 0.15) is 0 Å². The van der Waals surface area contributed by atoms with Crippen molar-refractivity contribution in [2.75, 3.05) is 0 Å². The lowest BCUT2D eigenvalue weighted by Crippen LogP contribution is -1.80. The first-order chi connectivity index (χ1) is 7.16. The summed E-state index contributed by atoms with van der Waals surface area (Å²) in [6.45, 7) is 0. The molecule has 3 heteroatoms. The smallest absolute Gasteiger partial charge is 0.0484 e. The molecule has 76 valence electrons. The van der Waals surface area contributed by atoms with E-state index in [1.165, 1.54) is 0 Å². The van der Waals surface area contributed by atoms with Gasteiger partial charge in [0.2, 0.25) is 0 Å². The number of rotatable bonds is 1. The highest BCUT2D eigenvalue weighted by Gasteiger charge is 2.04. The zero-order chi connectivity index (χ0) is 10.8. The molecule has 0 N–H and O–H groups in total. The fraction of sp³-hybridized carbons (Fsp3) is 0. The van der Waals surface area contributed by atoms with Crippen molar-refractivity contribution in [3.05, 3.63) is 56.4 Å². The van der Waals surface area contributed by atoms with Crippen molar-refractivity contribution in [3.63, 3.8) is 0 Å². The predicted molar refractivity (Wildman–Crippen MR) is 72.3 cm³/mol. The van der Waals surface area contributed by atoms with E-state index < -0.39 is 0 Å². The molecule has 2 rings (SSSR count). The molecule has 0 fully saturated rings.